The number of carbonyl (C=O) groups is 2. The van der Waals surface area contributed by atoms with Gasteiger partial charge >= 0.3 is 0 Å². The molecule has 190 valence electrons. The first-order valence-corrected chi connectivity index (χ1v) is 12.7. The number of halogens is 3. The van der Waals surface area contributed by atoms with Gasteiger partial charge in [-0.3, -0.25) is 9.59 Å². The van der Waals surface area contributed by atoms with E-state index >= 15 is 0 Å². The van der Waals surface area contributed by atoms with Gasteiger partial charge in [0.1, 0.15) is 11.8 Å². The van der Waals surface area contributed by atoms with E-state index in [-0.39, 0.29) is 31.0 Å². The summed E-state index contributed by atoms with van der Waals surface area (Å²) in [5.74, 6) is -0.0657. The third kappa shape index (κ3) is 7.89. The third-order valence-corrected chi connectivity index (χ3v) is 6.69. The van der Waals surface area contributed by atoms with E-state index in [4.69, 9.17) is 39.5 Å². The Bertz CT molecular complexity index is 1200. The summed E-state index contributed by atoms with van der Waals surface area (Å²) in [6.45, 7) is 5.54. The van der Waals surface area contributed by atoms with Crippen molar-refractivity contribution in [3.63, 3.8) is 0 Å². The lowest BCUT2D eigenvalue weighted by Gasteiger charge is -2.32. The minimum Gasteiger partial charge on any atom is -0.484 e. The van der Waals surface area contributed by atoms with Gasteiger partial charge in [0.2, 0.25) is 5.91 Å². The second-order valence-corrected chi connectivity index (χ2v) is 10.1. The summed E-state index contributed by atoms with van der Waals surface area (Å²) < 4.78 is 5.80. The first kappa shape index (κ1) is 27.9. The number of rotatable bonds is 10. The second-order valence-electron chi connectivity index (χ2n) is 8.84. The number of aryl methyl sites for hydroxylation is 1. The molecule has 0 fully saturated rings. The van der Waals surface area contributed by atoms with Crippen molar-refractivity contribution >= 4 is 46.6 Å². The van der Waals surface area contributed by atoms with Crippen LogP contribution in [-0.2, 0) is 22.6 Å². The summed E-state index contributed by atoms with van der Waals surface area (Å²) in [4.78, 5) is 28.5. The fourth-order valence-corrected chi connectivity index (χ4v) is 4.14. The van der Waals surface area contributed by atoms with E-state index in [0.29, 0.717) is 27.2 Å². The van der Waals surface area contributed by atoms with Crippen molar-refractivity contribution in [2.24, 2.45) is 0 Å². The SMILES string of the molecule is Cc1cc(OCC(=O)N(Cc2ccc(Cl)c(Cl)c2)C(Cc2ccccc2)C(=O)NC(C)C)ccc1Cl. The van der Waals surface area contributed by atoms with Crippen LogP contribution in [0.25, 0.3) is 0 Å². The van der Waals surface area contributed by atoms with Crippen LogP contribution in [0.2, 0.25) is 15.1 Å². The maximum atomic E-state index is 13.6. The van der Waals surface area contributed by atoms with Crippen LogP contribution in [0.15, 0.2) is 66.7 Å². The van der Waals surface area contributed by atoms with Gasteiger partial charge in [-0.2, -0.15) is 0 Å². The standard InChI is InChI=1S/C28H29Cl3N2O3/c1-18(2)32-28(35)26(15-20-7-5-4-6-8-20)33(16-21-9-11-24(30)25(31)14-21)27(34)17-36-22-10-12-23(29)19(3)13-22/h4-14,18,26H,15-17H2,1-3H3,(H,32,35). The minimum atomic E-state index is -0.771. The summed E-state index contributed by atoms with van der Waals surface area (Å²) in [6.07, 6.45) is 0.340. The van der Waals surface area contributed by atoms with E-state index in [1.807, 2.05) is 51.1 Å². The van der Waals surface area contributed by atoms with Gasteiger partial charge in [-0.25, -0.2) is 0 Å². The van der Waals surface area contributed by atoms with Crippen LogP contribution in [0.5, 0.6) is 5.75 Å². The largest absolute Gasteiger partial charge is 0.484 e. The molecule has 0 heterocycles. The van der Waals surface area contributed by atoms with E-state index in [0.717, 1.165) is 16.7 Å². The predicted molar refractivity (Wildman–Crippen MR) is 146 cm³/mol. The summed E-state index contributed by atoms with van der Waals surface area (Å²) in [5.41, 5.74) is 2.52. The van der Waals surface area contributed by atoms with Crippen LogP contribution < -0.4 is 10.1 Å². The Kier molecular flexibility index (Phi) is 10.1. The van der Waals surface area contributed by atoms with Crippen LogP contribution >= 0.6 is 34.8 Å². The van der Waals surface area contributed by atoms with Gasteiger partial charge in [0, 0.05) is 24.0 Å². The molecule has 3 aromatic carbocycles. The van der Waals surface area contributed by atoms with E-state index < -0.39 is 6.04 Å². The summed E-state index contributed by atoms with van der Waals surface area (Å²) in [5, 5.41) is 4.36. The van der Waals surface area contributed by atoms with Crippen molar-refractivity contribution < 1.29 is 14.3 Å². The Morgan fingerprint density at radius 2 is 1.58 bits per heavy atom. The van der Waals surface area contributed by atoms with Crippen molar-refractivity contribution in [3.8, 4) is 5.75 Å². The number of hydrogen-bond donors (Lipinski definition) is 1. The molecule has 3 rings (SSSR count). The number of nitrogens with one attached hydrogen (secondary N) is 1. The zero-order chi connectivity index (χ0) is 26.2. The summed E-state index contributed by atoms with van der Waals surface area (Å²) in [6, 6.07) is 19.1. The molecule has 0 bridgehead atoms. The number of carbonyl (C=O) groups excluding carboxylic acids is 2. The Labute approximate surface area is 227 Å². The summed E-state index contributed by atoms with van der Waals surface area (Å²) >= 11 is 18.4. The number of benzene rings is 3. The van der Waals surface area contributed by atoms with Gasteiger partial charge < -0.3 is 15.0 Å². The molecule has 0 aliphatic heterocycles. The van der Waals surface area contributed by atoms with Gasteiger partial charge in [0.05, 0.1) is 10.0 Å². The van der Waals surface area contributed by atoms with Crippen LogP contribution in [0.4, 0.5) is 0 Å². The molecule has 0 saturated carbocycles. The van der Waals surface area contributed by atoms with Crippen molar-refractivity contribution in [1.82, 2.24) is 10.2 Å². The molecule has 0 aromatic heterocycles. The minimum absolute atomic E-state index is 0.0917. The lowest BCUT2D eigenvalue weighted by Crippen LogP contribution is -2.52. The molecule has 0 spiro atoms. The van der Waals surface area contributed by atoms with E-state index in [2.05, 4.69) is 5.32 Å². The lowest BCUT2D eigenvalue weighted by atomic mass is 10.0. The Balaban J connectivity index is 1.93. The van der Waals surface area contributed by atoms with Crippen LogP contribution in [0.3, 0.4) is 0 Å². The molecular weight excluding hydrogens is 519 g/mol. The van der Waals surface area contributed by atoms with E-state index in [1.54, 1.807) is 36.4 Å². The smallest absolute Gasteiger partial charge is 0.261 e. The van der Waals surface area contributed by atoms with Crippen LogP contribution in [0, 0.1) is 6.92 Å². The van der Waals surface area contributed by atoms with Crippen LogP contribution in [-0.4, -0.2) is 35.4 Å². The number of ether oxygens (including phenoxy) is 1. The normalized spacial score (nSPS) is 11.8. The maximum Gasteiger partial charge on any atom is 0.261 e. The molecule has 0 aliphatic carbocycles. The van der Waals surface area contributed by atoms with Crippen molar-refractivity contribution in [3.05, 3.63) is 98.5 Å². The average Bonchev–Trinajstić information content (AvgIpc) is 2.84. The maximum absolute atomic E-state index is 13.6. The Morgan fingerprint density at radius 1 is 0.889 bits per heavy atom. The fraction of sp³-hybridized carbons (Fsp3) is 0.286. The zero-order valence-corrected chi connectivity index (χ0v) is 22.7. The van der Waals surface area contributed by atoms with E-state index in [9.17, 15) is 9.59 Å². The highest BCUT2D eigenvalue weighted by molar-refractivity contribution is 6.42. The monoisotopic (exact) mass is 546 g/mol. The molecule has 0 saturated heterocycles. The number of amides is 2. The van der Waals surface area contributed by atoms with Crippen molar-refractivity contribution in [1.29, 1.82) is 0 Å². The molecule has 5 nitrogen and oxygen atoms in total. The molecule has 3 aromatic rings. The number of hydrogen-bond acceptors (Lipinski definition) is 3. The second kappa shape index (κ2) is 13.0. The summed E-state index contributed by atoms with van der Waals surface area (Å²) in [7, 11) is 0. The molecule has 36 heavy (non-hydrogen) atoms. The molecule has 1 N–H and O–H groups in total. The molecule has 1 atom stereocenters. The molecule has 0 radical (unpaired) electrons. The average molecular weight is 548 g/mol. The molecule has 8 heteroatoms. The fourth-order valence-electron chi connectivity index (χ4n) is 3.70. The lowest BCUT2D eigenvalue weighted by molar-refractivity contribution is -0.143. The van der Waals surface area contributed by atoms with Crippen molar-refractivity contribution in [2.75, 3.05) is 6.61 Å². The highest BCUT2D eigenvalue weighted by Crippen LogP contribution is 2.25. The molecule has 2 amide bonds. The van der Waals surface area contributed by atoms with Gasteiger partial charge in [-0.05, 0) is 67.8 Å². The highest BCUT2D eigenvalue weighted by Gasteiger charge is 2.31. The van der Waals surface area contributed by atoms with Crippen molar-refractivity contribution in [2.45, 2.75) is 45.8 Å². The first-order chi connectivity index (χ1) is 17.1. The molecule has 0 aliphatic rings. The van der Waals surface area contributed by atoms with E-state index in [1.165, 1.54) is 4.90 Å². The zero-order valence-electron chi connectivity index (χ0n) is 20.4. The van der Waals surface area contributed by atoms with Gasteiger partial charge in [0.15, 0.2) is 6.61 Å². The Morgan fingerprint density at radius 3 is 2.22 bits per heavy atom. The third-order valence-electron chi connectivity index (χ3n) is 5.53. The highest BCUT2D eigenvalue weighted by atomic mass is 35.5. The van der Waals surface area contributed by atoms with Crippen LogP contribution in [0.1, 0.15) is 30.5 Å². The quantitative estimate of drug-likeness (QED) is 0.315. The van der Waals surface area contributed by atoms with Gasteiger partial charge in [-0.1, -0.05) is 71.2 Å². The van der Waals surface area contributed by atoms with Gasteiger partial charge in [-0.15, -0.1) is 0 Å². The Hall–Kier alpha value is -2.73. The number of nitrogens with zero attached hydrogens (tertiary/aromatic N) is 1. The van der Waals surface area contributed by atoms with Gasteiger partial charge in [0.25, 0.3) is 5.91 Å². The molecule has 1 unspecified atom stereocenters. The predicted octanol–water partition coefficient (Wildman–Crippen LogP) is 6.50. The first-order valence-electron chi connectivity index (χ1n) is 11.6. The molecular formula is C28H29Cl3N2O3. The topological polar surface area (TPSA) is 58.6 Å².